The van der Waals surface area contributed by atoms with E-state index in [2.05, 4.69) is 0 Å². The van der Waals surface area contributed by atoms with E-state index in [-0.39, 0.29) is 9.79 Å². The van der Waals surface area contributed by atoms with Gasteiger partial charge in [-0.1, -0.05) is 35.4 Å². The van der Waals surface area contributed by atoms with Gasteiger partial charge in [0.2, 0.25) is 0 Å². The fourth-order valence-corrected chi connectivity index (χ4v) is 3.93. The van der Waals surface area contributed by atoms with Gasteiger partial charge in [-0.2, -0.15) is 16.8 Å². The molecule has 0 bridgehead atoms. The number of aliphatic hydroxyl groups is 2. The summed E-state index contributed by atoms with van der Waals surface area (Å²) in [4.78, 5) is -0.198. The number of hydrogen-bond acceptors (Lipinski definition) is 8. The van der Waals surface area contributed by atoms with Gasteiger partial charge in [0.05, 0.1) is 23.0 Å². The maximum absolute atomic E-state index is 12.1. The smallest absolute Gasteiger partial charge is 0.297 e. The lowest BCUT2D eigenvalue weighted by Crippen LogP contribution is -2.35. The van der Waals surface area contributed by atoms with Gasteiger partial charge in [0.25, 0.3) is 20.2 Å². The molecular weight excluding hydrogens is 408 g/mol. The molecule has 2 aromatic carbocycles. The molecule has 2 rings (SSSR count). The predicted octanol–water partition coefficient (Wildman–Crippen LogP) is 1.14. The molecule has 0 aliphatic rings. The highest BCUT2D eigenvalue weighted by atomic mass is 32.2. The third-order valence-corrected chi connectivity index (χ3v) is 6.44. The molecule has 0 aliphatic carbocycles. The van der Waals surface area contributed by atoms with Crippen LogP contribution in [0, 0.1) is 13.8 Å². The molecule has 0 aromatic heterocycles. The average Bonchev–Trinajstić information content (AvgIpc) is 2.65. The molecule has 0 saturated heterocycles. The minimum absolute atomic E-state index is 0.0991. The SMILES string of the molecule is Cc1ccc(S(=O)(=O)OC[C@@H](O)[C@@H](O)COS(=O)(=O)c2ccc(C)cc2)cc1. The third-order valence-electron chi connectivity index (χ3n) is 3.85. The van der Waals surface area contributed by atoms with E-state index in [4.69, 9.17) is 8.37 Å². The second kappa shape index (κ2) is 9.12. The van der Waals surface area contributed by atoms with Gasteiger partial charge in [0.15, 0.2) is 0 Å². The van der Waals surface area contributed by atoms with Gasteiger partial charge in [0.1, 0.15) is 12.2 Å². The van der Waals surface area contributed by atoms with E-state index in [9.17, 15) is 27.0 Å². The Balaban J connectivity index is 1.91. The summed E-state index contributed by atoms with van der Waals surface area (Å²) in [6, 6.07) is 11.8. The van der Waals surface area contributed by atoms with Crippen LogP contribution in [0.2, 0.25) is 0 Å². The summed E-state index contributed by atoms with van der Waals surface area (Å²) in [5.74, 6) is 0. The van der Waals surface area contributed by atoms with Crippen LogP contribution < -0.4 is 0 Å². The van der Waals surface area contributed by atoms with Crippen LogP contribution in [-0.4, -0.2) is 52.5 Å². The van der Waals surface area contributed by atoms with Crippen molar-refractivity contribution < 1.29 is 35.4 Å². The number of hydrogen-bond donors (Lipinski definition) is 2. The molecular formula is C18H22O8S2. The van der Waals surface area contributed by atoms with Crippen molar-refractivity contribution in [1.29, 1.82) is 0 Å². The fourth-order valence-electron chi connectivity index (χ4n) is 2.09. The summed E-state index contributed by atoms with van der Waals surface area (Å²) in [6.07, 6.45) is -3.35. The Morgan fingerprint density at radius 3 is 1.25 bits per heavy atom. The molecule has 2 aromatic rings. The lowest BCUT2D eigenvalue weighted by Gasteiger charge is -2.17. The van der Waals surface area contributed by atoms with E-state index in [0.29, 0.717) is 0 Å². The summed E-state index contributed by atoms with van der Waals surface area (Å²) in [7, 11) is -8.25. The van der Waals surface area contributed by atoms with Crippen molar-refractivity contribution >= 4 is 20.2 Å². The van der Waals surface area contributed by atoms with Gasteiger partial charge in [0, 0.05) is 0 Å². The molecule has 0 aliphatic heterocycles. The van der Waals surface area contributed by atoms with Gasteiger partial charge < -0.3 is 10.2 Å². The molecule has 0 unspecified atom stereocenters. The highest BCUT2D eigenvalue weighted by Gasteiger charge is 2.25. The molecule has 28 heavy (non-hydrogen) atoms. The molecule has 10 heteroatoms. The zero-order chi connectivity index (χ0) is 20.9. The largest absolute Gasteiger partial charge is 0.388 e. The molecule has 2 atom stereocenters. The van der Waals surface area contributed by atoms with E-state index in [0.717, 1.165) is 11.1 Å². The van der Waals surface area contributed by atoms with Crippen molar-refractivity contribution in [3.8, 4) is 0 Å². The summed E-state index contributed by atoms with van der Waals surface area (Å²) < 4.78 is 57.7. The topological polar surface area (TPSA) is 127 Å². The number of aliphatic hydroxyl groups excluding tert-OH is 2. The van der Waals surface area contributed by atoms with Crippen LogP contribution in [0.15, 0.2) is 58.3 Å². The second-order valence-electron chi connectivity index (χ2n) is 6.24. The van der Waals surface area contributed by atoms with Crippen LogP contribution >= 0.6 is 0 Å². The van der Waals surface area contributed by atoms with Crippen molar-refractivity contribution in [3.63, 3.8) is 0 Å². The van der Waals surface area contributed by atoms with Crippen LogP contribution in [-0.2, 0) is 28.6 Å². The molecule has 0 amide bonds. The van der Waals surface area contributed by atoms with Crippen molar-refractivity contribution in [1.82, 2.24) is 0 Å². The van der Waals surface area contributed by atoms with Gasteiger partial charge in [-0.3, -0.25) is 8.37 Å². The summed E-state index contributed by atoms with van der Waals surface area (Å²) >= 11 is 0. The van der Waals surface area contributed by atoms with Crippen molar-refractivity contribution in [2.75, 3.05) is 13.2 Å². The minimum Gasteiger partial charge on any atom is -0.388 e. The van der Waals surface area contributed by atoms with E-state index in [1.54, 1.807) is 38.1 Å². The zero-order valence-electron chi connectivity index (χ0n) is 15.3. The van der Waals surface area contributed by atoms with Crippen LogP contribution in [0.25, 0.3) is 0 Å². The zero-order valence-corrected chi connectivity index (χ0v) is 17.0. The predicted molar refractivity (Wildman–Crippen MR) is 101 cm³/mol. The molecule has 8 nitrogen and oxygen atoms in total. The standard InChI is InChI=1S/C18H22O8S2/c1-13-3-7-15(8-4-13)27(21,22)25-11-17(19)18(20)12-26-28(23,24)16-9-5-14(2)6-10-16/h3-10,17-20H,11-12H2,1-2H3/t17-,18+. The summed E-state index contributed by atoms with van der Waals surface area (Å²) in [6.45, 7) is 2.07. The first kappa shape index (κ1) is 22.5. The van der Waals surface area contributed by atoms with Gasteiger partial charge >= 0.3 is 0 Å². The lowest BCUT2D eigenvalue weighted by molar-refractivity contribution is -0.0267. The Morgan fingerprint density at radius 2 is 0.964 bits per heavy atom. The average molecular weight is 431 g/mol. The minimum atomic E-state index is -4.13. The van der Waals surface area contributed by atoms with Crippen LogP contribution in [0.3, 0.4) is 0 Å². The van der Waals surface area contributed by atoms with Crippen molar-refractivity contribution in [2.45, 2.75) is 35.8 Å². The van der Waals surface area contributed by atoms with Crippen molar-refractivity contribution in [2.24, 2.45) is 0 Å². The van der Waals surface area contributed by atoms with E-state index in [1.165, 1.54) is 24.3 Å². The van der Waals surface area contributed by atoms with Gasteiger partial charge in [-0.15, -0.1) is 0 Å². The van der Waals surface area contributed by atoms with E-state index >= 15 is 0 Å². The first-order valence-corrected chi connectivity index (χ1v) is 11.1. The molecule has 154 valence electrons. The van der Waals surface area contributed by atoms with Crippen LogP contribution in [0.1, 0.15) is 11.1 Å². The molecule has 2 N–H and O–H groups in total. The Kier molecular flexibility index (Phi) is 7.32. The first-order chi connectivity index (χ1) is 13.0. The number of benzene rings is 2. The van der Waals surface area contributed by atoms with Gasteiger partial charge in [-0.05, 0) is 38.1 Å². The fraction of sp³-hybridized carbons (Fsp3) is 0.333. The van der Waals surface area contributed by atoms with Crippen molar-refractivity contribution in [3.05, 3.63) is 59.7 Å². The molecule has 0 spiro atoms. The monoisotopic (exact) mass is 430 g/mol. The quantitative estimate of drug-likeness (QED) is 0.567. The van der Waals surface area contributed by atoms with E-state index < -0.39 is 45.7 Å². The maximum Gasteiger partial charge on any atom is 0.297 e. The van der Waals surface area contributed by atoms with E-state index in [1.807, 2.05) is 0 Å². The van der Waals surface area contributed by atoms with Crippen LogP contribution in [0.5, 0.6) is 0 Å². The third kappa shape index (κ3) is 6.09. The number of rotatable bonds is 9. The molecule has 0 heterocycles. The lowest BCUT2D eigenvalue weighted by atomic mass is 10.2. The Hall–Kier alpha value is -1.82. The normalized spacial score (nSPS) is 14.6. The Bertz CT molecular complexity index is 897. The number of aryl methyl sites for hydroxylation is 2. The molecule has 0 fully saturated rings. The highest BCUT2D eigenvalue weighted by Crippen LogP contribution is 2.16. The van der Waals surface area contributed by atoms with Gasteiger partial charge in [-0.25, -0.2) is 0 Å². The van der Waals surface area contributed by atoms with Crippen LogP contribution in [0.4, 0.5) is 0 Å². The second-order valence-corrected chi connectivity index (χ2v) is 9.47. The Morgan fingerprint density at radius 1 is 0.679 bits per heavy atom. The summed E-state index contributed by atoms with van der Waals surface area (Å²) in [5.41, 5.74) is 1.72. The maximum atomic E-state index is 12.1. The molecule has 0 saturated carbocycles. The first-order valence-electron chi connectivity index (χ1n) is 8.29. The summed E-state index contributed by atoms with van der Waals surface area (Å²) in [5, 5.41) is 19.7. The molecule has 0 radical (unpaired) electrons. The Labute approximate surface area is 164 Å². The highest BCUT2D eigenvalue weighted by molar-refractivity contribution is 7.87.